The number of rotatable bonds is 6. The average Bonchev–Trinajstić information content (AvgIpc) is 2.84. The molecule has 0 atom stereocenters. The lowest BCUT2D eigenvalue weighted by molar-refractivity contribution is 0.306. The van der Waals surface area contributed by atoms with E-state index in [1.54, 1.807) is 4.90 Å². The molecule has 4 nitrogen and oxygen atoms in total. The van der Waals surface area contributed by atoms with Gasteiger partial charge in [0.2, 0.25) is 0 Å². The molecule has 2 aromatic rings. The summed E-state index contributed by atoms with van der Waals surface area (Å²) in [5, 5.41) is 16.9. The van der Waals surface area contributed by atoms with E-state index >= 15 is 0 Å². The van der Waals surface area contributed by atoms with Crippen molar-refractivity contribution in [2.45, 2.75) is 26.2 Å². The second-order valence-corrected chi connectivity index (χ2v) is 5.60. The zero-order valence-electron chi connectivity index (χ0n) is 13.3. The average molecular weight is 307 g/mol. The van der Waals surface area contributed by atoms with Crippen LogP contribution in [0.15, 0.2) is 48.5 Å². The highest BCUT2D eigenvalue weighted by Gasteiger charge is 2.33. The van der Waals surface area contributed by atoms with Gasteiger partial charge in [-0.25, -0.2) is 0 Å². The molecule has 23 heavy (non-hydrogen) atoms. The number of hydrogen-bond donors (Lipinski definition) is 2. The molecule has 4 heteroatoms. The molecule has 0 radical (unpaired) electrons. The predicted octanol–water partition coefficient (Wildman–Crippen LogP) is 4.43. The van der Waals surface area contributed by atoms with Gasteiger partial charge in [0, 0.05) is 11.3 Å². The third-order valence-electron chi connectivity index (χ3n) is 3.99. The maximum atomic E-state index is 8.52. The van der Waals surface area contributed by atoms with Crippen molar-refractivity contribution in [2.24, 2.45) is 0 Å². The van der Waals surface area contributed by atoms with E-state index in [0.717, 1.165) is 36.1 Å². The summed E-state index contributed by atoms with van der Waals surface area (Å²) in [5.41, 5.74) is 2.31. The number of anilines is 1. The largest absolute Gasteiger partial charge is 0.493 e. The van der Waals surface area contributed by atoms with E-state index in [9.17, 15) is 0 Å². The maximum Gasteiger partial charge on any atom is 0.142 e. The van der Waals surface area contributed by atoms with E-state index < -0.39 is 0 Å². The normalized spacial score (nSPS) is 13.3. The van der Waals surface area contributed by atoms with Crippen LogP contribution in [0, 0.1) is 10.8 Å². The number of unbranched alkanes of at least 4 members (excludes halogenated alkanes) is 2. The highest BCUT2D eigenvalue weighted by atomic mass is 16.5. The van der Waals surface area contributed by atoms with Gasteiger partial charge in [-0.15, -0.1) is 0 Å². The summed E-state index contributed by atoms with van der Waals surface area (Å²) in [6, 6.07) is 15.3. The number of para-hydroxylation sites is 1. The molecule has 1 heterocycles. The molecule has 0 amide bonds. The zero-order valence-corrected chi connectivity index (χ0v) is 13.3. The van der Waals surface area contributed by atoms with E-state index in [4.69, 9.17) is 15.6 Å². The zero-order chi connectivity index (χ0) is 16.2. The van der Waals surface area contributed by atoms with E-state index in [0.29, 0.717) is 24.0 Å². The van der Waals surface area contributed by atoms with Gasteiger partial charge in [0.05, 0.1) is 12.2 Å². The number of nitrogens with zero attached hydrogens (tertiary/aromatic N) is 1. The molecule has 0 aromatic heterocycles. The molecular weight excluding hydrogens is 286 g/mol. The fraction of sp³-hybridized carbons (Fsp3) is 0.263. The Morgan fingerprint density at radius 3 is 2.43 bits per heavy atom. The van der Waals surface area contributed by atoms with Crippen molar-refractivity contribution in [3.8, 4) is 5.75 Å². The standard InChI is InChI=1S/C19H21N3O/c1-2-3-7-13-23-16-12-8-11-15-17(16)19(21)22(18(15)20)14-9-5-4-6-10-14/h4-6,8-12,20-21H,2-3,7,13H2,1H3. The first-order valence-corrected chi connectivity index (χ1v) is 8.03. The van der Waals surface area contributed by atoms with Crippen LogP contribution in [0.4, 0.5) is 5.69 Å². The molecule has 0 fully saturated rings. The van der Waals surface area contributed by atoms with Gasteiger partial charge >= 0.3 is 0 Å². The van der Waals surface area contributed by atoms with Crippen LogP contribution >= 0.6 is 0 Å². The summed E-state index contributed by atoms with van der Waals surface area (Å²) in [7, 11) is 0. The van der Waals surface area contributed by atoms with Crippen LogP contribution in [0.2, 0.25) is 0 Å². The maximum absolute atomic E-state index is 8.52. The molecule has 1 aliphatic heterocycles. The number of amidine groups is 2. The summed E-state index contributed by atoms with van der Waals surface area (Å²) >= 11 is 0. The van der Waals surface area contributed by atoms with Crippen molar-refractivity contribution in [1.82, 2.24) is 0 Å². The van der Waals surface area contributed by atoms with Gasteiger partial charge in [0.15, 0.2) is 0 Å². The van der Waals surface area contributed by atoms with Crippen molar-refractivity contribution in [3.05, 3.63) is 59.7 Å². The number of nitrogens with one attached hydrogen (secondary N) is 2. The third kappa shape index (κ3) is 2.84. The van der Waals surface area contributed by atoms with Gasteiger partial charge in [-0.3, -0.25) is 15.7 Å². The van der Waals surface area contributed by atoms with Crippen LogP contribution in [0.1, 0.15) is 37.3 Å². The molecule has 0 saturated heterocycles. The van der Waals surface area contributed by atoms with Gasteiger partial charge < -0.3 is 4.74 Å². The van der Waals surface area contributed by atoms with E-state index in [2.05, 4.69) is 6.92 Å². The molecule has 3 rings (SSSR count). The van der Waals surface area contributed by atoms with Crippen LogP contribution in [-0.2, 0) is 0 Å². The molecule has 0 bridgehead atoms. The van der Waals surface area contributed by atoms with Gasteiger partial charge in [0.1, 0.15) is 17.4 Å². The Morgan fingerprint density at radius 2 is 1.70 bits per heavy atom. The Kier molecular flexibility index (Phi) is 4.42. The van der Waals surface area contributed by atoms with Gasteiger partial charge in [-0.1, -0.05) is 50.1 Å². The minimum absolute atomic E-state index is 0.308. The predicted molar refractivity (Wildman–Crippen MR) is 94.0 cm³/mol. The minimum atomic E-state index is 0.308. The topological polar surface area (TPSA) is 60.2 Å². The lowest BCUT2D eigenvalue weighted by Gasteiger charge is -2.18. The van der Waals surface area contributed by atoms with E-state index in [1.165, 1.54) is 0 Å². The Bertz CT molecular complexity index is 725. The second kappa shape index (κ2) is 6.65. The van der Waals surface area contributed by atoms with Gasteiger partial charge in [-0.2, -0.15) is 0 Å². The number of benzene rings is 2. The number of fused-ring (bicyclic) bond motifs is 1. The first-order chi connectivity index (χ1) is 11.2. The molecule has 0 saturated carbocycles. The van der Waals surface area contributed by atoms with Crippen LogP contribution in [0.5, 0.6) is 5.75 Å². The summed E-state index contributed by atoms with van der Waals surface area (Å²) in [6.07, 6.45) is 3.30. The smallest absolute Gasteiger partial charge is 0.142 e. The lowest BCUT2D eigenvalue weighted by atomic mass is 10.1. The molecule has 2 aromatic carbocycles. The Labute approximate surface area is 136 Å². The number of hydrogen-bond acceptors (Lipinski definition) is 3. The Morgan fingerprint density at radius 1 is 0.913 bits per heavy atom. The lowest BCUT2D eigenvalue weighted by Crippen LogP contribution is -2.29. The van der Waals surface area contributed by atoms with Crippen LogP contribution in [0.25, 0.3) is 0 Å². The monoisotopic (exact) mass is 307 g/mol. The quantitative estimate of drug-likeness (QED) is 0.776. The summed E-state index contributed by atoms with van der Waals surface area (Å²) in [6.45, 7) is 2.81. The molecule has 1 aliphatic rings. The number of ether oxygens (including phenoxy) is 1. The van der Waals surface area contributed by atoms with Crippen LogP contribution < -0.4 is 9.64 Å². The van der Waals surface area contributed by atoms with Crippen molar-refractivity contribution in [1.29, 1.82) is 10.8 Å². The van der Waals surface area contributed by atoms with E-state index in [-0.39, 0.29) is 0 Å². The second-order valence-electron chi connectivity index (χ2n) is 5.60. The molecule has 0 aliphatic carbocycles. The molecule has 2 N–H and O–H groups in total. The third-order valence-corrected chi connectivity index (χ3v) is 3.99. The first kappa shape index (κ1) is 15.3. The first-order valence-electron chi connectivity index (χ1n) is 8.03. The van der Waals surface area contributed by atoms with Crippen molar-refractivity contribution < 1.29 is 4.74 Å². The van der Waals surface area contributed by atoms with Crippen molar-refractivity contribution in [2.75, 3.05) is 11.5 Å². The molecule has 118 valence electrons. The van der Waals surface area contributed by atoms with Crippen LogP contribution in [-0.4, -0.2) is 18.3 Å². The van der Waals surface area contributed by atoms with E-state index in [1.807, 2.05) is 48.5 Å². The molecule has 0 unspecified atom stereocenters. The van der Waals surface area contributed by atoms with Gasteiger partial charge in [0.25, 0.3) is 0 Å². The molecular formula is C19H21N3O. The Balaban J connectivity index is 1.89. The van der Waals surface area contributed by atoms with Gasteiger partial charge in [-0.05, 0) is 24.6 Å². The SMILES string of the molecule is CCCCCOc1cccc2c1C(=N)N(c1ccccc1)C2=N. The van der Waals surface area contributed by atoms with Crippen molar-refractivity contribution in [3.63, 3.8) is 0 Å². The highest BCUT2D eigenvalue weighted by Crippen LogP contribution is 2.33. The molecule has 0 spiro atoms. The minimum Gasteiger partial charge on any atom is -0.493 e. The fourth-order valence-electron chi connectivity index (χ4n) is 2.81. The van der Waals surface area contributed by atoms with Crippen molar-refractivity contribution >= 4 is 17.4 Å². The van der Waals surface area contributed by atoms with Crippen LogP contribution in [0.3, 0.4) is 0 Å². The summed E-state index contributed by atoms with van der Waals surface area (Å²) in [4.78, 5) is 1.66. The fourth-order valence-corrected chi connectivity index (χ4v) is 2.81. The Hall–Kier alpha value is -2.62. The summed E-state index contributed by atoms with van der Waals surface area (Å²) < 4.78 is 5.89. The highest BCUT2D eigenvalue weighted by molar-refractivity contribution is 6.36. The summed E-state index contributed by atoms with van der Waals surface area (Å²) in [5.74, 6) is 1.34.